The zero-order valence-electron chi connectivity index (χ0n) is 15.2. The maximum atomic E-state index is 12.4. The van der Waals surface area contributed by atoms with E-state index in [9.17, 15) is 26.4 Å². The van der Waals surface area contributed by atoms with Crippen LogP contribution in [0.25, 0.3) is 11.0 Å². The third kappa shape index (κ3) is 4.18. The predicted molar refractivity (Wildman–Crippen MR) is 92.4 cm³/mol. The molecule has 0 bridgehead atoms. The van der Waals surface area contributed by atoms with Gasteiger partial charge in [0.2, 0.25) is 0 Å². The number of fused-ring (bicyclic) bond motifs is 1. The monoisotopic (exact) mass is 421 g/mol. The molecule has 0 aliphatic carbocycles. The van der Waals surface area contributed by atoms with E-state index in [1.54, 1.807) is 26.8 Å². The van der Waals surface area contributed by atoms with Crippen molar-refractivity contribution in [3.63, 3.8) is 0 Å². The van der Waals surface area contributed by atoms with Crippen LogP contribution >= 0.6 is 0 Å². The minimum Gasteiger partial charge on any atom is -0.460 e. The number of alkyl halides is 3. The lowest BCUT2D eigenvalue weighted by molar-refractivity contribution is -0.0500. The molecule has 0 radical (unpaired) electrons. The molecule has 154 valence electrons. The summed E-state index contributed by atoms with van der Waals surface area (Å²) in [4.78, 5) is 13.5. The minimum atomic E-state index is -5.75. The maximum absolute atomic E-state index is 12.4. The number of furan rings is 1. The molecule has 1 aliphatic rings. The molecule has 28 heavy (non-hydrogen) atoms. The van der Waals surface area contributed by atoms with Gasteiger partial charge in [-0.3, -0.25) is 0 Å². The zero-order chi connectivity index (χ0) is 20.9. The van der Waals surface area contributed by atoms with E-state index in [0.717, 1.165) is 12.1 Å². The van der Waals surface area contributed by atoms with Crippen molar-refractivity contribution >= 4 is 27.2 Å². The average molecular weight is 421 g/mol. The number of benzene rings is 1. The summed E-state index contributed by atoms with van der Waals surface area (Å²) in [6.07, 6.45) is -0.437. The molecule has 11 heteroatoms. The second-order valence-corrected chi connectivity index (χ2v) is 8.95. The molecule has 0 unspecified atom stereocenters. The van der Waals surface area contributed by atoms with E-state index in [1.807, 2.05) is 0 Å². The van der Waals surface area contributed by atoms with Crippen LogP contribution in [0, 0.1) is 0 Å². The summed E-state index contributed by atoms with van der Waals surface area (Å²) in [6, 6.07) is 5.27. The fourth-order valence-electron chi connectivity index (χ4n) is 2.59. The van der Waals surface area contributed by atoms with Crippen LogP contribution in [0.1, 0.15) is 32.4 Å². The van der Waals surface area contributed by atoms with Crippen molar-refractivity contribution in [2.75, 3.05) is 13.1 Å². The van der Waals surface area contributed by atoms with Gasteiger partial charge in [-0.2, -0.15) is 21.6 Å². The number of ether oxygens (including phenoxy) is 1. The van der Waals surface area contributed by atoms with E-state index in [4.69, 9.17) is 9.15 Å². The van der Waals surface area contributed by atoms with Crippen molar-refractivity contribution in [2.45, 2.75) is 37.8 Å². The summed E-state index contributed by atoms with van der Waals surface area (Å²) >= 11 is 0. The second kappa shape index (κ2) is 6.57. The highest BCUT2D eigenvalue weighted by Crippen LogP contribution is 2.34. The first kappa shape index (κ1) is 20.3. The molecule has 1 aromatic carbocycles. The van der Waals surface area contributed by atoms with E-state index in [1.165, 1.54) is 11.0 Å². The lowest BCUT2D eigenvalue weighted by Crippen LogP contribution is -2.50. The normalized spacial score (nSPS) is 16.1. The number of carbonyl (C=O) groups is 1. The highest BCUT2D eigenvalue weighted by atomic mass is 32.2. The predicted octanol–water partition coefficient (Wildman–Crippen LogP) is 4.00. The molecule has 0 saturated carbocycles. The van der Waals surface area contributed by atoms with Crippen LogP contribution in [-0.4, -0.2) is 43.6 Å². The lowest BCUT2D eigenvalue weighted by Gasteiger charge is -2.38. The fourth-order valence-corrected chi connectivity index (χ4v) is 3.04. The van der Waals surface area contributed by atoms with Gasteiger partial charge in [0, 0.05) is 24.5 Å². The van der Waals surface area contributed by atoms with E-state index in [-0.39, 0.29) is 11.5 Å². The summed E-state index contributed by atoms with van der Waals surface area (Å²) < 4.78 is 74.4. The molecule has 1 aromatic heterocycles. The summed E-state index contributed by atoms with van der Waals surface area (Å²) in [5, 5.41) is 0.572. The van der Waals surface area contributed by atoms with Crippen molar-refractivity contribution in [2.24, 2.45) is 0 Å². The van der Waals surface area contributed by atoms with E-state index in [0.29, 0.717) is 24.2 Å². The van der Waals surface area contributed by atoms with Gasteiger partial charge in [0.25, 0.3) is 0 Å². The molecule has 1 fully saturated rings. The smallest absolute Gasteiger partial charge is 0.460 e. The Balaban J connectivity index is 1.70. The Kier molecular flexibility index (Phi) is 4.77. The molecular weight excluding hydrogens is 403 g/mol. The van der Waals surface area contributed by atoms with Crippen LogP contribution in [-0.2, 0) is 14.9 Å². The Morgan fingerprint density at radius 3 is 2.39 bits per heavy atom. The number of halogens is 3. The number of rotatable bonds is 3. The summed E-state index contributed by atoms with van der Waals surface area (Å²) in [5.41, 5.74) is -5.94. The van der Waals surface area contributed by atoms with Gasteiger partial charge in [-0.1, -0.05) is 0 Å². The molecule has 0 spiro atoms. The number of nitrogens with zero attached hydrogens (tertiary/aromatic N) is 1. The maximum Gasteiger partial charge on any atom is 0.534 e. The largest absolute Gasteiger partial charge is 0.534 e. The molecule has 0 atom stereocenters. The third-order valence-corrected chi connectivity index (χ3v) is 4.91. The lowest BCUT2D eigenvalue weighted by atomic mass is 9.98. The van der Waals surface area contributed by atoms with Crippen LogP contribution in [0.5, 0.6) is 5.75 Å². The van der Waals surface area contributed by atoms with Gasteiger partial charge in [0.15, 0.2) is 0 Å². The van der Waals surface area contributed by atoms with Crippen LogP contribution in [0.15, 0.2) is 28.7 Å². The number of hydrogen-bond donors (Lipinski definition) is 0. The van der Waals surface area contributed by atoms with Crippen LogP contribution < -0.4 is 4.18 Å². The standard InChI is InChI=1S/C17H18F3NO6S/c1-16(2,3)26-15(22)21-8-11(9-21)13-6-10-4-5-12(7-14(10)25-13)27-28(23,24)17(18,19)20/h4-7,11H,8-9H2,1-3H3. The van der Waals surface area contributed by atoms with Crippen molar-refractivity contribution in [3.8, 4) is 5.75 Å². The summed E-state index contributed by atoms with van der Waals surface area (Å²) in [6.45, 7) is 6.04. The first-order chi connectivity index (χ1) is 12.7. The van der Waals surface area contributed by atoms with Crippen LogP contribution in [0.2, 0.25) is 0 Å². The first-order valence-corrected chi connectivity index (χ1v) is 9.68. The number of carbonyl (C=O) groups excluding carboxylic acids is 1. The quantitative estimate of drug-likeness (QED) is 0.550. The number of amides is 1. The molecule has 3 rings (SSSR count). The molecule has 7 nitrogen and oxygen atoms in total. The van der Waals surface area contributed by atoms with Gasteiger partial charge < -0.3 is 18.2 Å². The van der Waals surface area contributed by atoms with E-state index >= 15 is 0 Å². The number of hydrogen-bond acceptors (Lipinski definition) is 6. The van der Waals surface area contributed by atoms with Gasteiger partial charge >= 0.3 is 21.7 Å². The first-order valence-electron chi connectivity index (χ1n) is 8.27. The van der Waals surface area contributed by atoms with Crippen molar-refractivity contribution in [3.05, 3.63) is 30.0 Å². The molecular formula is C17H18F3NO6S. The molecule has 1 aliphatic heterocycles. The van der Waals surface area contributed by atoms with Gasteiger partial charge in [-0.15, -0.1) is 0 Å². The topological polar surface area (TPSA) is 86.0 Å². The van der Waals surface area contributed by atoms with E-state index < -0.39 is 33.1 Å². The van der Waals surface area contributed by atoms with E-state index in [2.05, 4.69) is 4.18 Å². The van der Waals surface area contributed by atoms with Crippen molar-refractivity contribution < 1.29 is 39.7 Å². The Morgan fingerprint density at radius 2 is 1.82 bits per heavy atom. The summed E-state index contributed by atoms with van der Waals surface area (Å²) in [7, 11) is -5.75. The molecule has 2 aromatic rings. The van der Waals surface area contributed by atoms with Crippen molar-refractivity contribution in [1.29, 1.82) is 0 Å². The Morgan fingerprint density at radius 1 is 1.18 bits per heavy atom. The Hall–Kier alpha value is -2.43. The van der Waals surface area contributed by atoms with Crippen LogP contribution in [0.4, 0.5) is 18.0 Å². The molecule has 0 N–H and O–H groups in total. The Bertz CT molecular complexity index is 1000. The third-order valence-electron chi connectivity index (χ3n) is 3.94. The molecule has 1 saturated heterocycles. The SMILES string of the molecule is CC(C)(C)OC(=O)N1CC(c2cc3ccc(OS(=O)(=O)C(F)(F)F)cc3o2)C1. The zero-order valence-corrected chi connectivity index (χ0v) is 16.1. The second-order valence-electron chi connectivity index (χ2n) is 7.41. The fraction of sp³-hybridized carbons (Fsp3) is 0.471. The average Bonchev–Trinajstić information content (AvgIpc) is 2.84. The minimum absolute atomic E-state index is 0.0943. The van der Waals surface area contributed by atoms with Crippen molar-refractivity contribution in [1.82, 2.24) is 4.90 Å². The molecule has 2 heterocycles. The highest BCUT2D eigenvalue weighted by Gasteiger charge is 2.48. The van der Waals surface area contributed by atoms with Gasteiger partial charge in [0.1, 0.15) is 22.7 Å². The molecule has 1 amide bonds. The van der Waals surface area contributed by atoms with Gasteiger partial charge in [-0.05, 0) is 39.0 Å². The Labute approximate surface area is 159 Å². The van der Waals surface area contributed by atoms with Crippen LogP contribution in [0.3, 0.4) is 0 Å². The highest BCUT2D eigenvalue weighted by molar-refractivity contribution is 7.88. The number of likely N-dealkylation sites (tertiary alicyclic amines) is 1. The van der Waals surface area contributed by atoms with Gasteiger partial charge in [-0.25, -0.2) is 4.79 Å². The van der Waals surface area contributed by atoms with Gasteiger partial charge in [0.05, 0.1) is 5.92 Å². The summed E-state index contributed by atoms with van der Waals surface area (Å²) in [5.74, 6) is -0.0662.